The molecule has 1 heterocycles. The first-order valence-corrected chi connectivity index (χ1v) is 6.59. The van der Waals surface area contributed by atoms with E-state index in [0.717, 1.165) is 12.2 Å². The van der Waals surface area contributed by atoms with Gasteiger partial charge in [0.15, 0.2) is 0 Å². The van der Waals surface area contributed by atoms with Gasteiger partial charge in [0.2, 0.25) is 0 Å². The van der Waals surface area contributed by atoms with Crippen molar-refractivity contribution in [2.75, 3.05) is 5.75 Å². The van der Waals surface area contributed by atoms with Gasteiger partial charge in [-0.05, 0) is 25.2 Å². The van der Waals surface area contributed by atoms with Crippen molar-refractivity contribution in [3.8, 4) is 0 Å². The maximum Gasteiger partial charge on any atom is 0.0776 e. The third kappa shape index (κ3) is 2.04. The minimum Gasteiger partial charge on any atom is -0.389 e. The fraction of sp³-hybridized carbons (Fsp3) is 1.00. The third-order valence-electron chi connectivity index (χ3n) is 3.62. The molecule has 2 atom stereocenters. The quantitative estimate of drug-likeness (QED) is 0.702. The van der Waals surface area contributed by atoms with Gasteiger partial charge in [0.25, 0.3) is 0 Å². The summed E-state index contributed by atoms with van der Waals surface area (Å²) in [5.74, 6) is 1.59. The first-order valence-electron chi connectivity index (χ1n) is 5.55. The number of hydrogen-bond acceptors (Lipinski definition) is 2. The average Bonchev–Trinajstić information content (AvgIpc) is 2.49. The van der Waals surface area contributed by atoms with Gasteiger partial charge in [-0.2, -0.15) is 11.8 Å². The Morgan fingerprint density at radius 2 is 1.92 bits per heavy atom. The number of thioether (sulfide) groups is 1. The monoisotopic (exact) mass is 200 g/mol. The van der Waals surface area contributed by atoms with Gasteiger partial charge >= 0.3 is 0 Å². The van der Waals surface area contributed by atoms with Crippen molar-refractivity contribution in [1.29, 1.82) is 0 Å². The molecule has 1 saturated carbocycles. The lowest BCUT2D eigenvalue weighted by Crippen LogP contribution is -2.39. The molecule has 2 heteroatoms. The van der Waals surface area contributed by atoms with Crippen molar-refractivity contribution < 1.29 is 5.11 Å². The number of rotatable bonds is 1. The Bertz CT molecular complexity index is 177. The largest absolute Gasteiger partial charge is 0.389 e. The predicted molar refractivity (Wildman–Crippen MR) is 58.1 cm³/mol. The zero-order chi connectivity index (χ0) is 9.31. The highest BCUT2D eigenvalue weighted by molar-refractivity contribution is 8.00. The van der Waals surface area contributed by atoms with Crippen molar-refractivity contribution in [3.05, 3.63) is 0 Å². The molecule has 13 heavy (non-hydrogen) atoms. The van der Waals surface area contributed by atoms with Crippen molar-refractivity contribution >= 4 is 11.8 Å². The van der Waals surface area contributed by atoms with Gasteiger partial charge in [-0.1, -0.05) is 26.2 Å². The van der Waals surface area contributed by atoms with Gasteiger partial charge < -0.3 is 5.11 Å². The Kier molecular flexibility index (Phi) is 2.89. The van der Waals surface area contributed by atoms with Crippen LogP contribution in [0.3, 0.4) is 0 Å². The Hall–Kier alpha value is 0.310. The highest BCUT2D eigenvalue weighted by atomic mass is 32.2. The zero-order valence-corrected chi connectivity index (χ0v) is 9.28. The summed E-state index contributed by atoms with van der Waals surface area (Å²) in [4.78, 5) is 0. The lowest BCUT2D eigenvalue weighted by atomic mass is 9.76. The van der Waals surface area contributed by atoms with E-state index in [2.05, 4.69) is 6.92 Å². The molecule has 1 nitrogen and oxygen atoms in total. The number of hydrogen-bond donors (Lipinski definition) is 1. The number of aliphatic hydroxyl groups is 1. The molecule has 0 aromatic rings. The molecule has 2 rings (SSSR count). The second-order valence-electron chi connectivity index (χ2n) is 4.76. The lowest BCUT2D eigenvalue weighted by molar-refractivity contribution is -0.0125. The maximum atomic E-state index is 10.5. The van der Waals surface area contributed by atoms with E-state index in [1.54, 1.807) is 0 Å². The van der Waals surface area contributed by atoms with Crippen LogP contribution in [-0.2, 0) is 0 Å². The Balaban J connectivity index is 1.97. The Morgan fingerprint density at radius 1 is 1.23 bits per heavy atom. The second-order valence-corrected chi connectivity index (χ2v) is 6.19. The van der Waals surface area contributed by atoms with Crippen LogP contribution in [0.2, 0.25) is 0 Å². The standard InChI is InChI=1S/C11H20OS/c1-9-7-11(12,8-13-9)10-5-3-2-4-6-10/h9-10,12H,2-8H2,1H3. The second kappa shape index (κ2) is 3.82. The van der Waals surface area contributed by atoms with E-state index in [-0.39, 0.29) is 5.60 Å². The summed E-state index contributed by atoms with van der Waals surface area (Å²) in [5.41, 5.74) is -0.301. The van der Waals surface area contributed by atoms with Crippen LogP contribution in [0.25, 0.3) is 0 Å². The highest BCUT2D eigenvalue weighted by Crippen LogP contribution is 2.44. The molecule has 2 unspecified atom stereocenters. The van der Waals surface area contributed by atoms with Gasteiger partial charge in [-0.3, -0.25) is 0 Å². The smallest absolute Gasteiger partial charge is 0.0776 e. The average molecular weight is 200 g/mol. The van der Waals surface area contributed by atoms with Gasteiger partial charge in [0, 0.05) is 11.0 Å². The molecule has 2 aliphatic rings. The Morgan fingerprint density at radius 3 is 2.46 bits per heavy atom. The maximum absolute atomic E-state index is 10.5. The summed E-state index contributed by atoms with van der Waals surface area (Å²) in [6, 6.07) is 0. The molecule has 76 valence electrons. The summed E-state index contributed by atoms with van der Waals surface area (Å²) < 4.78 is 0. The van der Waals surface area contributed by atoms with Gasteiger partial charge in [-0.15, -0.1) is 0 Å². The van der Waals surface area contributed by atoms with E-state index in [9.17, 15) is 5.11 Å². The van der Waals surface area contributed by atoms with Crippen LogP contribution < -0.4 is 0 Å². The fourth-order valence-electron chi connectivity index (χ4n) is 2.83. The molecule has 0 radical (unpaired) electrons. The molecule has 0 spiro atoms. The van der Waals surface area contributed by atoms with Crippen LogP contribution in [0.15, 0.2) is 0 Å². The van der Waals surface area contributed by atoms with Crippen LogP contribution in [0.1, 0.15) is 45.4 Å². The van der Waals surface area contributed by atoms with Crippen molar-refractivity contribution in [2.24, 2.45) is 5.92 Å². The first-order chi connectivity index (χ1) is 6.21. The molecule has 0 aromatic heterocycles. The van der Waals surface area contributed by atoms with E-state index in [1.807, 2.05) is 11.8 Å². The Labute approximate surface area is 85.3 Å². The van der Waals surface area contributed by atoms with Crippen molar-refractivity contribution in [3.63, 3.8) is 0 Å². The molecular weight excluding hydrogens is 180 g/mol. The molecule has 0 amide bonds. The molecule has 1 N–H and O–H groups in total. The van der Waals surface area contributed by atoms with Crippen LogP contribution in [0.4, 0.5) is 0 Å². The summed E-state index contributed by atoms with van der Waals surface area (Å²) in [6.07, 6.45) is 7.63. The van der Waals surface area contributed by atoms with Crippen molar-refractivity contribution in [2.45, 2.75) is 56.3 Å². The molecule has 0 aromatic carbocycles. The molecule has 1 saturated heterocycles. The third-order valence-corrected chi connectivity index (χ3v) is 5.03. The predicted octanol–water partition coefficient (Wildman–Crippen LogP) is 2.82. The molecular formula is C11H20OS. The summed E-state index contributed by atoms with van der Waals surface area (Å²) in [5, 5.41) is 11.1. The van der Waals surface area contributed by atoms with Gasteiger partial charge in [0.1, 0.15) is 0 Å². The molecule has 1 aliphatic heterocycles. The highest BCUT2D eigenvalue weighted by Gasteiger charge is 2.42. The minimum absolute atomic E-state index is 0.301. The SMILES string of the molecule is CC1CC(O)(C2CCCCC2)CS1. The molecule has 1 aliphatic carbocycles. The fourth-order valence-corrected chi connectivity index (χ4v) is 4.16. The van der Waals surface area contributed by atoms with Crippen LogP contribution >= 0.6 is 11.8 Å². The summed E-state index contributed by atoms with van der Waals surface area (Å²) >= 11 is 1.95. The first kappa shape index (κ1) is 9.85. The minimum atomic E-state index is -0.301. The van der Waals surface area contributed by atoms with Crippen LogP contribution in [0, 0.1) is 5.92 Å². The lowest BCUT2D eigenvalue weighted by Gasteiger charge is -2.35. The van der Waals surface area contributed by atoms with Gasteiger partial charge in [-0.25, -0.2) is 0 Å². The van der Waals surface area contributed by atoms with Gasteiger partial charge in [0.05, 0.1) is 5.60 Å². The van der Waals surface area contributed by atoms with Crippen LogP contribution in [0.5, 0.6) is 0 Å². The normalized spacial score (nSPS) is 42.5. The van der Waals surface area contributed by atoms with Crippen LogP contribution in [-0.4, -0.2) is 21.7 Å². The van der Waals surface area contributed by atoms with E-state index in [0.29, 0.717) is 11.2 Å². The molecule has 2 fully saturated rings. The van der Waals surface area contributed by atoms with E-state index >= 15 is 0 Å². The summed E-state index contributed by atoms with van der Waals surface area (Å²) in [6.45, 7) is 2.24. The summed E-state index contributed by atoms with van der Waals surface area (Å²) in [7, 11) is 0. The van der Waals surface area contributed by atoms with E-state index in [1.165, 1.54) is 32.1 Å². The van der Waals surface area contributed by atoms with E-state index < -0.39 is 0 Å². The zero-order valence-electron chi connectivity index (χ0n) is 8.46. The topological polar surface area (TPSA) is 20.2 Å². The van der Waals surface area contributed by atoms with Crippen molar-refractivity contribution in [1.82, 2.24) is 0 Å². The molecule has 0 bridgehead atoms. The van der Waals surface area contributed by atoms with E-state index in [4.69, 9.17) is 0 Å².